The highest BCUT2D eigenvalue weighted by molar-refractivity contribution is 5.79. The van der Waals surface area contributed by atoms with E-state index in [0.29, 0.717) is 100 Å². The number of carbonyl (C=O) groups excluding carboxylic acids is 4. The summed E-state index contributed by atoms with van der Waals surface area (Å²) in [4.78, 5) is 49.7. The fraction of sp³-hybridized carbons (Fsp3) is 0.892. The van der Waals surface area contributed by atoms with Crippen molar-refractivity contribution < 1.29 is 42.9 Å². The molecule has 586 valence electrons. The molecule has 12 aliphatic carbocycles. The van der Waals surface area contributed by atoms with Crippen molar-refractivity contribution in [3.05, 3.63) is 33.4 Å². The molecule has 0 radical (unpaired) electrons. The lowest BCUT2D eigenvalue weighted by Crippen LogP contribution is -2.52. The molecule has 18 rings (SSSR count). The molecule has 0 aromatic rings. The minimum absolute atomic E-state index is 0.0203. The summed E-state index contributed by atoms with van der Waals surface area (Å²) in [5, 5.41) is 7.72. The molecule has 6 aliphatic heterocycles. The number of rotatable bonds is 6. The monoisotopic (exact) mass is 1450 g/mol. The van der Waals surface area contributed by atoms with Gasteiger partial charge >= 0.3 is 11.9 Å². The van der Waals surface area contributed by atoms with Crippen molar-refractivity contribution in [1.82, 2.24) is 15.5 Å². The van der Waals surface area contributed by atoms with Gasteiger partial charge in [0.1, 0.15) is 23.8 Å². The third-order valence-electron chi connectivity index (χ3n) is 36.5. The molecule has 105 heavy (non-hydrogen) atoms. The maximum Gasteiger partial charge on any atom is 0.302 e. The van der Waals surface area contributed by atoms with E-state index in [-0.39, 0.29) is 40.9 Å². The highest BCUT2D eigenvalue weighted by Crippen LogP contribution is 2.70. The quantitative estimate of drug-likeness (QED) is 0.193. The first-order chi connectivity index (χ1) is 50.0. The van der Waals surface area contributed by atoms with E-state index in [1.807, 2.05) is 11.1 Å². The molecule has 15 fully saturated rings. The Morgan fingerprint density at radius 3 is 1.32 bits per heavy atom. The Hall–Kier alpha value is -2.74. The van der Waals surface area contributed by atoms with Crippen LogP contribution in [0.5, 0.6) is 0 Å². The zero-order chi connectivity index (χ0) is 73.8. The minimum Gasteiger partial charge on any atom is -0.463 e. The number of piperidine rings is 3. The van der Waals surface area contributed by atoms with Gasteiger partial charge in [-0.3, -0.25) is 19.3 Å². The van der Waals surface area contributed by atoms with Crippen LogP contribution in [0.15, 0.2) is 33.4 Å². The van der Waals surface area contributed by atoms with Gasteiger partial charge in [-0.05, 0) is 339 Å². The van der Waals surface area contributed by atoms with Gasteiger partial charge < -0.3 is 39.1 Å². The smallest absolute Gasteiger partial charge is 0.302 e. The molecule has 6 saturated heterocycles. The Morgan fingerprint density at radius 1 is 0.476 bits per heavy atom. The fourth-order valence-electron chi connectivity index (χ4n) is 31.0. The van der Waals surface area contributed by atoms with Gasteiger partial charge in [-0.25, -0.2) is 0 Å². The van der Waals surface area contributed by atoms with Gasteiger partial charge in [0.15, 0.2) is 0 Å². The van der Waals surface area contributed by atoms with Crippen molar-refractivity contribution in [3.8, 4) is 0 Å². The van der Waals surface area contributed by atoms with Crippen molar-refractivity contribution in [2.24, 2.45) is 123 Å². The van der Waals surface area contributed by atoms with E-state index in [1.54, 1.807) is 43.1 Å². The Bertz CT molecular complexity index is 3250. The van der Waals surface area contributed by atoms with Crippen LogP contribution in [0.2, 0.25) is 0 Å². The number of allylic oxidation sites excluding steroid dienone is 3. The number of fused-ring (bicyclic) bond motifs is 18. The van der Waals surface area contributed by atoms with Crippen LogP contribution in [0.4, 0.5) is 0 Å². The zero-order valence-corrected chi connectivity index (χ0v) is 68.6. The van der Waals surface area contributed by atoms with Crippen LogP contribution in [0.25, 0.3) is 0 Å². The van der Waals surface area contributed by atoms with Crippen LogP contribution in [0.1, 0.15) is 309 Å². The maximum absolute atomic E-state index is 12.3. The Labute approximate surface area is 635 Å². The predicted octanol–water partition coefficient (Wildman–Crippen LogP) is 18.8. The first-order valence-corrected chi connectivity index (χ1v) is 44.7. The summed E-state index contributed by atoms with van der Waals surface area (Å²) in [6.07, 6.45) is 39.2. The number of ether oxygens (including phenoxy) is 5. The van der Waals surface area contributed by atoms with E-state index in [0.717, 1.165) is 174 Å². The highest BCUT2D eigenvalue weighted by atomic mass is 16.5. The molecule has 12 heteroatoms. The summed E-state index contributed by atoms with van der Waals surface area (Å²) >= 11 is 0. The summed E-state index contributed by atoms with van der Waals surface area (Å²) in [6.45, 7) is 39.0. The second kappa shape index (κ2) is 29.0. The van der Waals surface area contributed by atoms with E-state index in [9.17, 15) is 19.2 Å². The standard InChI is InChI=1S/C33H51NO3.2C30H47NO3/c1-20-15-30-31(34(19-20)14-6-7-22(3)35)23(4)33(37-30)13-11-26-27-9-8-24-16-25(36)10-12-32(24,5)29(27)17-28(26)21(2)18-33;2*1-17-12-27-28(31-16-17)19(3)30(34-27)11-9-23-24-7-6-21-13-22(33-20(4)32)8-10-29(21,5)26(24)14-25(23)18(2)15-30/h20,23-24,26-27,29-31H,6-19H2,1-5H3;2*17,19,21-24,26-28,31H,6-16H2,1-5H3/t20-,23+,24+,26-,27-,29-,30+,31-,32-,33-;17-,19+,21+,22+,23-,24-,26-,27+,28-,29-,30-;17-,19+,21+,22-,23-,24-,26-,27+,28-,29-,30-/m000/s1. The lowest BCUT2D eigenvalue weighted by molar-refractivity contribution is -0.155. The second-order valence-corrected chi connectivity index (χ2v) is 42.1. The molecule has 0 aromatic heterocycles. The Kier molecular flexibility index (Phi) is 21.1. The number of nitrogens with zero attached hydrogens (tertiary/aromatic N) is 1. The van der Waals surface area contributed by atoms with Crippen LogP contribution in [-0.2, 0) is 42.9 Å². The molecule has 0 aromatic carbocycles. The van der Waals surface area contributed by atoms with Gasteiger partial charge in [-0.1, -0.05) is 95.8 Å². The minimum atomic E-state index is -0.104. The van der Waals surface area contributed by atoms with Crippen LogP contribution in [-0.4, -0.2) is 120 Å². The Morgan fingerprint density at radius 2 is 0.886 bits per heavy atom. The zero-order valence-electron chi connectivity index (χ0n) is 68.6. The van der Waals surface area contributed by atoms with E-state index in [4.69, 9.17) is 23.7 Å². The van der Waals surface area contributed by atoms with Crippen LogP contribution in [0.3, 0.4) is 0 Å². The molecular weight excluding hydrogens is 1300 g/mol. The van der Waals surface area contributed by atoms with Crippen LogP contribution in [0, 0.1) is 123 Å². The number of nitrogens with one attached hydrogen (secondary N) is 2. The van der Waals surface area contributed by atoms with Crippen LogP contribution >= 0.6 is 0 Å². The number of esters is 2. The summed E-state index contributed by atoms with van der Waals surface area (Å²) in [6, 6.07) is 1.59. The molecule has 32 atom stereocenters. The molecule has 18 aliphatic rings. The molecule has 9 saturated carbocycles. The van der Waals surface area contributed by atoms with Gasteiger partial charge in [0.25, 0.3) is 0 Å². The summed E-state index contributed by atoms with van der Waals surface area (Å²) in [5.74, 6) is 13.7. The van der Waals surface area contributed by atoms with E-state index < -0.39 is 0 Å². The summed E-state index contributed by atoms with van der Waals surface area (Å²) in [5.41, 5.74) is 11.7. The van der Waals surface area contributed by atoms with Gasteiger partial charge in [-0.15, -0.1) is 0 Å². The van der Waals surface area contributed by atoms with Crippen molar-refractivity contribution in [2.45, 2.75) is 375 Å². The predicted molar refractivity (Wildman–Crippen MR) is 416 cm³/mol. The average molecular weight is 1450 g/mol. The number of hydrogen-bond acceptors (Lipinski definition) is 12. The van der Waals surface area contributed by atoms with Gasteiger partial charge in [0.05, 0.1) is 35.1 Å². The molecule has 0 bridgehead atoms. The lowest BCUT2D eigenvalue weighted by atomic mass is 9.52. The molecule has 0 amide bonds. The van der Waals surface area contributed by atoms with E-state index >= 15 is 0 Å². The largest absolute Gasteiger partial charge is 0.463 e. The van der Waals surface area contributed by atoms with Crippen molar-refractivity contribution in [2.75, 3.05) is 26.2 Å². The number of Topliss-reactive ketones (excluding diaryl/α,β-unsaturated/α-hetero) is 2. The maximum atomic E-state index is 12.3. The topological polar surface area (TPSA) is 142 Å². The number of hydrogen-bond donors (Lipinski definition) is 2. The highest BCUT2D eigenvalue weighted by Gasteiger charge is 2.65. The van der Waals surface area contributed by atoms with E-state index in [1.165, 1.54) is 128 Å². The SMILES string of the molecule is CC(=O)CCCN1C[C@@H](C)C[C@H]2O[C@]3(CC[C@@H]4C(=C(C)C3)C[C@H]3[C@H]4CC[C@@H]4CC(=O)CC[C@@]43C)[C@H](C)[C@@H]21.CC(=O)O[C@@H]1CC[C@@]2(C)[C@H](CC[C@H]3[C@@H]4CC[C@@]5(CC(C)=C4C[C@@H]32)O[C@@H]2C[C@H](C)CN[C@H]2[C@H]5C)C1.CC(=O)O[C@H]1CC[C@@]2(C)[C@H](CC[C@H]3[C@@H]4CC[C@@]5(CC(C)=C4C[C@@H]32)O[C@@H]2C[C@H](C)CN[C@H]2[C@H]5C)C1. The van der Waals surface area contributed by atoms with Crippen molar-refractivity contribution in [1.29, 1.82) is 0 Å². The van der Waals surface area contributed by atoms with Gasteiger partial charge in [0.2, 0.25) is 0 Å². The van der Waals surface area contributed by atoms with Gasteiger partial charge in [0, 0.05) is 75.5 Å². The van der Waals surface area contributed by atoms with Crippen LogP contribution < -0.4 is 10.6 Å². The van der Waals surface area contributed by atoms with E-state index in [2.05, 4.69) is 98.6 Å². The summed E-state index contributed by atoms with van der Waals surface area (Å²) in [7, 11) is 0. The number of likely N-dealkylation sites (tertiary alicyclic amines) is 1. The lowest BCUT2D eigenvalue weighted by Gasteiger charge is -2.54. The molecule has 12 nitrogen and oxygen atoms in total. The first kappa shape index (κ1) is 76.3. The first-order valence-electron chi connectivity index (χ1n) is 44.7. The molecule has 6 heterocycles. The third-order valence-corrected chi connectivity index (χ3v) is 36.5. The molecular formula is C93H145N3O9. The van der Waals surface area contributed by atoms with Gasteiger partial charge in [-0.2, -0.15) is 0 Å². The number of ketones is 2. The average Bonchev–Trinajstić information content (AvgIpc) is 1.60. The third kappa shape index (κ3) is 13.5. The van der Waals surface area contributed by atoms with Crippen molar-refractivity contribution >= 4 is 23.5 Å². The normalized spacial score (nSPS) is 50.8. The number of carbonyl (C=O) groups is 4. The fourth-order valence-corrected chi connectivity index (χ4v) is 31.0. The second-order valence-electron chi connectivity index (χ2n) is 42.1. The molecule has 2 N–H and O–H groups in total. The Balaban J connectivity index is 0.000000121. The summed E-state index contributed by atoms with van der Waals surface area (Å²) < 4.78 is 32.6. The van der Waals surface area contributed by atoms with Crippen molar-refractivity contribution in [3.63, 3.8) is 0 Å². The molecule has 3 spiro atoms. The molecule has 0 unspecified atom stereocenters.